The third kappa shape index (κ3) is 3.68. The fourth-order valence-electron chi connectivity index (χ4n) is 2.10. The molecule has 0 bridgehead atoms. The molecule has 118 valence electrons. The van der Waals surface area contributed by atoms with Gasteiger partial charge in [0.2, 0.25) is 0 Å². The quantitative estimate of drug-likeness (QED) is 0.488. The summed E-state index contributed by atoms with van der Waals surface area (Å²) < 4.78 is 21.6. The summed E-state index contributed by atoms with van der Waals surface area (Å²) >= 11 is 0. The van der Waals surface area contributed by atoms with Gasteiger partial charge < -0.3 is 9.84 Å². The number of hydrogen-bond donors (Lipinski definition) is 3. The molecule has 1 saturated heterocycles. The van der Waals surface area contributed by atoms with Gasteiger partial charge in [-0.05, 0) is 6.92 Å². The first-order valence-corrected chi connectivity index (χ1v) is 7.46. The van der Waals surface area contributed by atoms with Crippen LogP contribution >= 0.6 is 8.25 Å². The van der Waals surface area contributed by atoms with Gasteiger partial charge >= 0.3 is 13.9 Å². The smallest absolute Gasteiger partial charge is 0.390 e. The first kappa shape index (κ1) is 16.5. The summed E-state index contributed by atoms with van der Waals surface area (Å²) in [4.78, 5) is 34.1. The van der Waals surface area contributed by atoms with Crippen LogP contribution in [0.25, 0.3) is 0 Å². The van der Waals surface area contributed by atoms with E-state index in [1.165, 1.54) is 6.20 Å². The molecule has 2 rings (SSSR count). The number of aliphatic hydroxyl groups is 1. The molecule has 1 aromatic rings. The molecule has 1 aromatic heterocycles. The standard InChI is InChI=1S/C12H13N2O7P/c1-2-3-7-5-14(12(17)13-11(7)16)10-4-8(15)9(21-10)6-20-22(18)19/h5,8-10,15H,4,6H2,1H3,(H-,13,16,17,18,19)/p+1/t8?,9-,10-/m1/s1. The molecule has 1 fully saturated rings. The van der Waals surface area contributed by atoms with Crippen molar-refractivity contribution in [3.05, 3.63) is 32.6 Å². The van der Waals surface area contributed by atoms with Crippen molar-refractivity contribution < 1.29 is 23.8 Å². The Morgan fingerprint density at radius 3 is 2.95 bits per heavy atom. The van der Waals surface area contributed by atoms with E-state index in [0.717, 1.165) is 4.57 Å². The second-order valence-electron chi connectivity index (χ2n) is 4.55. The number of ether oxygens (including phenoxy) is 1. The summed E-state index contributed by atoms with van der Waals surface area (Å²) in [5.74, 6) is 5.12. The van der Waals surface area contributed by atoms with E-state index in [1.807, 2.05) is 0 Å². The van der Waals surface area contributed by atoms with Gasteiger partial charge in [0, 0.05) is 17.2 Å². The van der Waals surface area contributed by atoms with E-state index >= 15 is 0 Å². The van der Waals surface area contributed by atoms with Crippen LogP contribution in [0.5, 0.6) is 0 Å². The van der Waals surface area contributed by atoms with Gasteiger partial charge in [-0.3, -0.25) is 14.3 Å². The average molecular weight is 329 g/mol. The van der Waals surface area contributed by atoms with E-state index < -0.39 is 37.9 Å². The number of nitrogens with zero attached hydrogens (tertiary/aromatic N) is 1. The van der Waals surface area contributed by atoms with Gasteiger partial charge in [-0.2, -0.15) is 0 Å². The molecule has 9 nitrogen and oxygen atoms in total. The van der Waals surface area contributed by atoms with Crippen molar-refractivity contribution in [3.8, 4) is 11.8 Å². The third-order valence-electron chi connectivity index (χ3n) is 3.09. The van der Waals surface area contributed by atoms with Crippen LogP contribution in [0.3, 0.4) is 0 Å². The SMILES string of the molecule is CC#Cc1cn([C@H]2CC(O)[C@@H](CO[P+](=O)O)O2)c(=O)[nH]c1=O. The van der Waals surface area contributed by atoms with Crippen LogP contribution in [0.1, 0.15) is 25.1 Å². The van der Waals surface area contributed by atoms with Crippen molar-refractivity contribution in [3.63, 3.8) is 0 Å². The number of aromatic amines is 1. The van der Waals surface area contributed by atoms with Crippen LogP contribution in [0, 0.1) is 11.8 Å². The van der Waals surface area contributed by atoms with Crippen LogP contribution in [0.2, 0.25) is 0 Å². The molecule has 0 radical (unpaired) electrons. The molecule has 0 spiro atoms. The molecule has 0 aliphatic carbocycles. The summed E-state index contributed by atoms with van der Waals surface area (Å²) in [7, 11) is -2.80. The lowest BCUT2D eigenvalue weighted by molar-refractivity contribution is -0.0412. The first-order chi connectivity index (χ1) is 10.4. The zero-order valence-corrected chi connectivity index (χ0v) is 12.4. The highest BCUT2D eigenvalue weighted by molar-refractivity contribution is 7.32. The van der Waals surface area contributed by atoms with Crippen molar-refractivity contribution in [1.29, 1.82) is 0 Å². The number of aromatic nitrogens is 2. The number of nitrogens with one attached hydrogen (secondary N) is 1. The van der Waals surface area contributed by atoms with E-state index in [-0.39, 0.29) is 18.6 Å². The van der Waals surface area contributed by atoms with Gasteiger partial charge in [-0.25, -0.2) is 4.79 Å². The van der Waals surface area contributed by atoms with Gasteiger partial charge in [0.25, 0.3) is 5.56 Å². The fraction of sp³-hybridized carbons (Fsp3) is 0.500. The number of aliphatic hydroxyl groups excluding tert-OH is 1. The van der Waals surface area contributed by atoms with Crippen LogP contribution in [-0.4, -0.2) is 38.4 Å². The van der Waals surface area contributed by atoms with Crippen LogP contribution in [0.15, 0.2) is 15.8 Å². The molecule has 2 unspecified atom stereocenters. The lowest BCUT2D eigenvalue weighted by Crippen LogP contribution is -2.33. The fourth-order valence-corrected chi connectivity index (χ4v) is 2.37. The second kappa shape index (κ2) is 6.96. The van der Waals surface area contributed by atoms with Gasteiger partial charge in [0.1, 0.15) is 24.5 Å². The molecule has 0 saturated carbocycles. The van der Waals surface area contributed by atoms with Crippen molar-refractivity contribution >= 4 is 8.25 Å². The van der Waals surface area contributed by atoms with Crippen LogP contribution in [0.4, 0.5) is 0 Å². The van der Waals surface area contributed by atoms with Gasteiger partial charge in [-0.1, -0.05) is 5.92 Å². The number of H-pyrrole nitrogens is 1. The van der Waals surface area contributed by atoms with Gasteiger partial charge in [-0.15, -0.1) is 15.3 Å². The second-order valence-corrected chi connectivity index (χ2v) is 5.28. The summed E-state index contributed by atoms with van der Waals surface area (Å²) in [6.07, 6.45) is -1.33. The molecule has 2 heterocycles. The van der Waals surface area contributed by atoms with Crippen molar-refractivity contribution in [1.82, 2.24) is 9.55 Å². The number of hydrogen-bond acceptors (Lipinski definition) is 6. The molecule has 3 N–H and O–H groups in total. The molecular weight excluding hydrogens is 315 g/mol. The van der Waals surface area contributed by atoms with E-state index in [9.17, 15) is 19.3 Å². The highest BCUT2D eigenvalue weighted by Gasteiger charge is 2.37. The lowest BCUT2D eigenvalue weighted by atomic mass is 10.2. The largest absolute Gasteiger partial charge is 0.694 e. The molecular formula is C12H14N2O7P+. The Morgan fingerprint density at radius 1 is 1.59 bits per heavy atom. The summed E-state index contributed by atoms with van der Waals surface area (Å²) in [5.41, 5.74) is -1.21. The molecule has 0 aromatic carbocycles. The summed E-state index contributed by atoms with van der Waals surface area (Å²) in [6, 6.07) is 0. The van der Waals surface area contributed by atoms with E-state index in [2.05, 4.69) is 21.3 Å². The first-order valence-electron chi connectivity index (χ1n) is 6.33. The zero-order valence-electron chi connectivity index (χ0n) is 11.6. The normalized spacial score (nSPS) is 24.7. The highest BCUT2D eigenvalue weighted by atomic mass is 31.1. The van der Waals surface area contributed by atoms with Crippen molar-refractivity contribution in [2.75, 3.05) is 6.61 Å². The van der Waals surface area contributed by atoms with Crippen molar-refractivity contribution in [2.24, 2.45) is 0 Å². The lowest BCUT2D eigenvalue weighted by Gasteiger charge is -2.14. The topological polar surface area (TPSA) is 131 Å². The Bertz CT molecular complexity index is 744. The Morgan fingerprint density at radius 2 is 2.32 bits per heavy atom. The minimum absolute atomic E-state index is 0.0706. The van der Waals surface area contributed by atoms with Gasteiger partial charge in [0.05, 0.1) is 6.10 Å². The van der Waals surface area contributed by atoms with E-state index in [4.69, 9.17) is 9.63 Å². The van der Waals surface area contributed by atoms with Gasteiger partial charge in [0.15, 0.2) is 0 Å². The third-order valence-corrected chi connectivity index (χ3v) is 3.46. The summed E-state index contributed by atoms with van der Waals surface area (Å²) in [6.45, 7) is 1.26. The molecule has 1 aliphatic rings. The molecule has 4 atom stereocenters. The molecule has 10 heteroatoms. The average Bonchev–Trinajstić information content (AvgIpc) is 2.80. The van der Waals surface area contributed by atoms with E-state index in [0.29, 0.717) is 0 Å². The van der Waals surface area contributed by atoms with Crippen LogP contribution < -0.4 is 11.2 Å². The predicted molar refractivity (Wildman–Crippen MR) is 74.2 cm³/mol. The Kier molecular flexibility index (Phi) is 5.24. The predicted octanol–water partition coefficient (Wildman–Crippen LogP) is -0.777. The molecule has 0 amide bonds. The minimum Gasteiger partial charge on any atom is -0.390 e. The van der Waals surface area contributed by atoms with Crippen molar-refractivity contribution in [2.45, 2.75) is 31.8 Å². The maximum absolute atomic E-state index is 11.8. The Labute approximate surface area is 125 Å². The minimum atomic E-state index is -2.80. The zero-order chi connectivity index (χ0) is 16.3. The molecule has 1 aliphatic heterocycles. The highest BCUT2D eigenvalue weighted by Crippen LogP contribution is 2.29. The van der Waals surface area contributed by atoms with E-state index in [1.54, 1.807) is 6.92 Å². The maximum Gasteiger partial charge on any atom is 0.694 e. The summed E-state index contributed by atoms with van der Waals surface area (Å²) in [5, 5.41) is 9.85. The number of rotatable bonds is 4. The maximum atomic E-state index is 11.8. The molecule has 22 heavy (non-hydrogen) atoms. The Hall–Kier alpha value is -1.82. The monoisotopic (exact) mass is 329 g/mol. The van der Waals surface area contributed by atoms with Crippen LogP contribution in [-0.2, 0) is 13.8 Å². The Balaban J connectivity index is 2.24.